The Morgan fingerprint density at radius 2 is 2.15 bits per heavy atom. The molecule has 1 amide bonds. The summed E-state index contributed by atoms with van der Waals surface area (Å²) in [4.78, 5) is 14.4. The molecule has 3 rings (SSSR count). The lowest BCUT2D eigenvalue weighted by Crippen LogP contribution is -2.48. The highest BCUT2D eigenvalue weighted by molar-refractivity contribution is 6.30. The Labute approximate surface area is 163 Å². The van der Waals surface area contributed by atoms with E-state index in [1.54, 1.807) is 7.11 Å². The fourth-order valence-electron chi connectivity index (χ4n) is 3.12. The number of anilines is 1. The molecule has 1 saturated heterocycles. The minimum Gasteiger partial charge on any atom is -0.497 e. The fraction of sp³-hybridized carbons (Fsp3) is 0.350. The molecule has 2 aromatic carbocycles. The van der Waals surface area contributed by atoms with Crippen LogP contribution < -0.4 is 19.7 Å². The molecule has 7 heteroatoms. The first-order valence-electron chi connectivity index (χ1n) is 8.81. The van der Waals surface area contributed by atoms with E-state index < -0.39 is 5.82 Å². The van der Waals surface area contributed by atoms with Crippen LogP contribution in [-0.4, -0.2) is 38.8 Å². The highest BCUT2D eigenvalue weighted by atomic mass is 35.5. The van der Waals surface area contributed by atoms with Gasteiger partial charge in [-0.3, -0.25) is 4.79 Å². The predicted molar refractivity (Wildman–Crippen MR) is 103 cm³/mol. The van der Waals surface area contributed by atoms with Crippen molar-refractivity contribution in [1.29, 1.82) is 0 Å². The van der Waals surface area contributed by atoms with Gasteiger partial charge in [0.05, 0.1) is 12.1 Å². The smallest absolute Gasteiger partial charge is 0.258 e. The quantitative estimate of drug-likeness (QED) is 0.815. The van der Waals surface area contributed by atoms with Crippen molar-refractivity contribution in [3.63, 3.8) is 0 Å². The maximum Gasteiger partial charge on any atom is 0.258 e. The highest BCUT2D eigenvalue weighted by Gasteiger charge is 2.22. The van der Waals surface area contributed by atoms with Gasteiger partial charge in [-0.05, 0) is 37.1 Å². The van der Waals surface area contributed by atoms with Gasteiger partial charge in [0.1, 0.15) is 17.3 Å². The number of nitrogens with one attached hydrogen (secondary N) is 1. The Bertz CT molecular complexity index is 803. The van der Waals surface area contributed by atoms with Gasteiger partial charge in [-0.25, -0.2) is 4.39 Å². The first-order chi connectivity index (χ1) is 13.0. The standard InChI is InChI=1S/C20H22ClFN2O3/c1-26-16-6-2-5-15(10-16)24-9-3-4-14(12-24)23-20(25)13-27-17-7-8-18(21)19(22)11-17/h2,5-8,10-11,14H,3-4,9,12-13H2,1H3,(H,23,25)/t14-/m0/s1. The maximum absolute atomic E-state index is 13.4. The number of methoxy groups -OCH3 is 1. The van der Waals surface area contributed by atoms with Gasteiger partial charge in [-0.15, -0.1) is 0 Å². The van der Waals surface area contributed by atoms with Crippen LogP contribution in [0.3, 0.4) is 0 Å². The molecule has 0 spiro atoms. The number of hydrogen-bond donors (Lipinski definition) is 1. The van der Waals surface area contributed by atoms with Gasteiger partial charge >= 0.3 is 0 Å². The second-order valence-electron chi connectivity index (χ2n) is 6.42. The third-order valence-corrected chi connectivity index (χ3v) is 4.77. The molecule has 1 aliphatic rings. The third-order valence-electron chi connectivity index (χ3n) is 4.47. The number of nitrogens with zero attached hydrogens (tertiary/aromatic N) is 1. The molecule has 27 heavy (non-hydrogen) atoms. The highest BCUT2D eigenvalue weighted by Crippen LogP contribution is 2.24. The Morgan fingerprint density at radius 1 is 1.30 bits per heavy atom. The maximum atomic E-state index is 13.4. The fourth-order valence-corrected chi connectivity index (χ4v) is 3.24. The van der Waals surface area contributed by atoms with Gasteiger partial charge in [0.15, 0.2) is 6.61 Å². The minimum absolute atomic E-state index is 0.0200. The van der Waals surface area contributed by atoms with Crippen LogP contribution in [0, 0.1) is 5.82 Å². The summed E-state index contributed by atoms with van der Waals surface area (Å²) in [7, 11) is 1.64. The molecule has 0 saturated carbocycles. The SMILES string of the molecule is COc1cccc(N2CCC[C@H](NC(=O)COc3ccc(Cl)c(F)c3)C2)c1. The third kappa shape index (κ3) is 5.26. The first kappa shape index (κ1) is 19.3. The summed E-state index contributed by atoms with van der Waals surface area (Å²) in [5.74, 6) is 0.273. The second kappa shape index (κ2) is 8.95. The number of ether oxygens (including phenoxy) is 2. The van der Waals surface area contributed by atoms with Crippen LogP contribution in [0.4, 0.5) is 10.1 Å². The molecule has 1 aliphatic heterocycles. The number of amides is 1. The Balaban J connectivity index is 1.52. The van der Waals surface area contributed by atoms with E-state index in [9.17, 15) is 9.18 Å². The van der Waals surface area contributed by atoms with Crippen LogP contribution in [0.2, 0.25) is 5.02 Å². The summed E-state index contributed by atoms with van der Waals surface area (Å²) in [6.45, 7) is 1.48. The van der Waals surface area contributed by atoms with Gasteiger partial charge in [0.25, 0.3) is 5.91 Å². The van der Waals surface area contributed by atoms with E-state index in [1.165, 1.54) is 18.2 Å². The molecule has 5 nitrogen and oxygen atoms in total. The van der Waals surface area contributed by atoms with Crippen molar-refractivity contribution in [3.05, 3.63) is 53.3 Å². The summed E-state index contributed by atoms with van der Waals surface area (Å²) in [5.41, 5.74) is 1.07. The van der Waals surface area contributed by atoms with E-state index >= 15 is 0 Å². The number of rotatable bonds is 6. The lowest BCUT2D eigenvalue weighted by Gasteiger charge is -2.34. The van der Waals surface area contributed by atoms with Crippen LogP contribution in [0.5, 0.6) is 11.5 Å². The average molecular weight is 393 g/mol. The lowest BCUT2D eigenvalue weighted by atomic mass is 10.0. The molecule has 1 heterocycles. The molecule has 144 valence electrons. The largest absolute Gasteiger partial charge is 0.497 e. The molecule has 1 fully saturated rings. The van der Waals surface area contributed by atoms with E-state index in [1.807, 2.05) is 24.3 Å². The van der Waals surface area contributed by atoms with E-state index in [0.717, 1.165) is 30.8 Å². The monoisotopic (exact) mass is 392 g/mol. The number of carbonyl (C=O) groups excluding carboxylic acids is 1. The van der Waals surface area contributed by atoms with Crippen molar-refractivity contribution >= 4 is 23.2 Å². The van der Waals surface area contributed by atoms with Crippen LogP contribution in [0.1, 0.15) is 12.8 Å². The molecule has 0 aromatic heterocycles. The number of piperidine rings is 1. The van der Waals surface area contributed by atoms with E-state index in [2.05, 4.69) is 10.2 Å². The summed E-state index contributed by atoms with van der Waals surface area (Å²) in [5, 5.41) is 3.01. The van der Waals surface area contributed by atoms with Crippen molar-refractivity contribution in [2.24, 2.45) is 0 Å². The van der Waals surface area contributed by atoms with Crippen molar-refractivity contribution < 1.29 is 18.7 Å². The molecule has 1 N–H and O–H groups in total. The van der Waals surface area contributed by atoms with Crippen molar-refractivity contribution in [2.75, 3.05) is 31.7 Å². The zero-order chi connectivity index (χ0) is 19.2. The zero-order valence-corrected chi connectivity index (χ0v) is 15.8. The van der Waals surface area contributed by atoms with Crippen molar-refractivity contribution in [1.82, 2.24) is 5.32 Å². The molecule has 0 unspecified atom stereocenters. The molecular formula is C20H22ClFN2O3. The molecule has 0 radical (unpaired) electrons. The molecule has 2 aromatic rings. The first-order valence-corrected chi connectivity index (χ1v) is 9.19. The molecule has 0 bridgehead atoms. The van der Waals surface area contributed by atoms with Crippen LogP contribution in [0.15, 0.2) is 42.5 Å². The number of benzene rings is 2. The molecule has 0 aliphatic carbocycles. The van der Waals surface area contributed by atoms with E-state index in [4.69, 9.17) is 21.1 Å². The summed E-state index contributed by atoms with van der Waals surface area (Å²) in [6, 6.07) is 12.0. The van der Waals surface area contributed by atoms with E-state index in [0.29, 0.717) is 6.54 Å². The Hall–Kier alpha value is -2.47. The number of hydrogen-bond acceptors (Lipinski definition) is 4. The second-order valence-corrected chi connectivity index (χ2v) is 6.83. The van der Waals surface area contributed by atoms with E-state index in [-0.39, 0.29) is 29.3 Å². The molecular weight excluding hydrogens is 371 g/mol. The number of carbonyl (C=O) groups is 1. The van der Waals surface area contributed by atoms with Crippen LogP contribution in [-0.2, 0) is 4.79 Å². The predicted octanol–water partition coefficient (Wildman–Crippen LogP) is 3.65. The number of halogens is 2. The minimum atomic E-state index is -0.573. The summed E-state index contributed by atoms with van der Waals surface area (Å²) >= 11 is 5.63. The summed E-state index contributed by atoms with van der Waals surface area (Å²) < 4.78 is 24.0. The van der Waals surface area contributed by atoms with Gasteiger partial charge in [-0.2, -0.15) is 0 Å². The van der Waals surface area contributed by atoms with Gasteiger partial charge in [0, 0.05) is 37.0 Å². The normalized spacial score (nSPS) is 16.7. The van der Waals surface area contributed by atoms with Gasteiger partial charge in [0.2, 0.25) is 0 Å². The van der Waals surface area contributed by atoms with Crippen molar-refractivity contribution in [3.8, 4) is 11.5 Å². The Morgan fingerprint density at radius 3 is 2.93 bits per heavy atom. The van der Waals surface area contributed by atoms with Crippen LogP contribution >= 0.6 is 11.6 Å². The summed E-state index contributed by atoms with van der Waals surface area (Å²) in [6.07, 6.45) is 1.88. The Kier molecular flexibility index (Phi) is 6.40. The topological polar surface area (TPSA) is 50.8 Å². The molecule has 1 atom stereocenters. The zero-order valence-electron chi connectivity index (χ0n) is 15.1. The van der Waals surface area contributed by atoms with Crippen molar-refractivity contribution in [2.45, 2.75) is 18.9 Å². The average Bonchev–Trinajstić information content (AvgIpc) is 2.69. The van der Waals surface area contributed by atoms with Gasteiger partial charge in [-0.1, -0.05) is 17.7 Å². The van der Waals surface area contributed by atoms with Gasteiger partial charge < -0.3 is 19.7 Å². The lowest BCUT2D eigenvalue weighted by molar-refractivity contribution is -0.123. The van der Waals surface area contributed by atoms with Crippen LogP contribution in [0.25, 0.3) is 0 Å².